The van der Waals surface area contributed by atoms with E-state index in [4.69, 9.17) is 0 Å². The molecule has 1 aromatic carbocycles. The molecule has 5 heteroatoms. The van der Waals surface area contributed by atoms with Gasteiger partial charge in [0.25, 0.3) is 0 Å². The summed E-state index contributed by atoms with van der Waals surface area (Å²) in [6, 6.07) is 10.3. The molecule has 1 aromatic rings. The summed E-state index contributed by atoms with van der Waals surface area (Å²) >= 11 is 0. The summed E-state index contributed by atoms with van der Waals surface area (Å²) in [7, 11) is 0. The molecule has 0 unspecified atom stereocenters. The molecule has 1 N–H and O–H groups in total. The Hall–Kier alpha value is -2.04. The Kier molecular flexibility index (Phi) is 4.78. The zero-order valence-electron chi connectivity index (χ0n) is 14.6. The van der Waals surface area contributed by atoms with Crippen LogP contribution in [0, 0.1) is 11.3 Å². The van der Waals surface area contributed by atoms with Gasteiger partial charge in [0, 0.05) is 38.4 Å². The molecule has 1 saturated heterocycles. The molecule has 2 aliphatic rings. The Labute approximate surface area is 144 Å². The van der Waals surface area contributed by atoms with E-state index in [1.807, 2.05) is 23.1 Å². The van der Waals surface area contributed by atoms with Crippen molar-refractivity contribution in [3.8, 4) is 0 Å². The summed E-state index contributed by atoms with van der Waals surface area (Å²) in [5.41, 5.74) is 0.421. The molecule has 2 amide bonds. The lowest BCUT2D eigenvalue weighted by Crippen LogP contribution is -2.53. The topological polar surface area (TPSA) is 52.7 Å². The summed E-state index contributed by atoms with van der Waals surface area (Å²) < 4.78 is 0. The van der Waals surface area contributed by atoms with Crippen molar-refractivity contribution in [2.75, 3.05) is 37.6 Å². The summed E-state index contributed by atoms with van der Waals surface area (Å²) in [6.45, 7) is 7.77. The van der Waals surface area contributed by atoms with Crippen molar-refractivity contribution in [3.63, 3.8) is 0 Å². The van der Waals surface area contributed by atoms with Crippen LogP contribution in [0.15, 0.2) is 30.3 Å². The largest absolute Gasteiger partial charge is 0.368 e. The highest BCUT2D eigenvalue weighted by Crippen LogP contribution is 2.47. The first-order chi connectivity index (χ1) is 11.5. The van der Waals surface area contributed by atoms with E-state index in [-0.39, 0.29) is 11.8 Å². The fraction of sp³-hybridized carbons (Fsp3) is 0.579. The number of nitrogens with one attached hydrogen (secondary N) is 1. The van der Waals surface area contributed by atoms with Gasteiger partial charge in [0.05, 0.1) is 0 Å². The van der Waals surface area contributed by atoms with Crippen molar-refractivity contribution in [1.29, 1.82) is 0 Å². The highest BCUT2D eigenvalue weighted by molar-refractivity contribution is 6.07. The van der Waals surface area contributed by atoms with Crippen LogP contribution in [0.5, 0.6) is 0 Å². The predicted molar refractivity (Wildman–Crippen MR) is 94.7 cm³/mol. The zero-order valence-corrected chi connectivity index (χ0v) is 14.6. The number of para-hydroxylation sites is 1. The minimum Gasteiger partial charge on any atom is -0.368 e. The standard InChI is InChI=1S/C19H27N3O2/c1-15(2)14-20-17(23)19(8-9-19)18(24)22-12-10-21(11-13-22)16-6-4-3-5-7-16/h3-7,15H,8-14H2,1-2H3,(H,20,23). The van der Waals surface area contributed by atoms with Gasteiger partial charge in [-0.1, -0.05) is 32.0 Å². The number of benzene rings is 1. The molecule has 130 valence electrons. The molecule has 24 heavy (non-hydrogen) atoms. The Morgan fingerprint density at radius 2 is 1.71 bits per heavy atom. The van der Waals surface area contributed by atoms with E-state index in [0.717, 1.165) is 13.1 Å². The molecule has 1 saturated carbocycles. The number of nitrogens with zero attached hydrogens (tertiary/aromatic N) is 2. The van der Waals surface area contributed by atoms with Crippen molar-refractivity contribution in [3.05, 3.63) is 30.3 Å². The summed E-state index contributed by atoms with van der Waals surface area (Å²) in [4.78, 5) is 29.5. The molecular weight excluding hydrogens is 302 g/mol. The van der Waals surface area contributed by atoms with E-state index < -0.39 is 5.41 Å². The average molecular weight is 329 g/mol. The summed E-state index contributed by atoms with van der Waals surface area (Å²) in [5.74, 6) is 0.345. The Morgan fingerprint density at radius 3 is 2.25 bits per heavy atom. The number of piperazine rings is 1. The van der Waals surface area contributed by atoms with Crippen LogP contribution in [0.2, 0.25) is 0 Å². The molecule has 1 heterocycles. The van der Waals surface area contributed by atoms with Crippen LogP contribution < -0.4 is 10.2 Å². The molecule has 0 aromatic heterocycles. The van der Waals surface area contributed by atoms with Crippen molar-refractivity contribution >= 4 is 17.5 Å². The van der Waals surface area contributed by atoms with Gasteiger partial charge < -0.3 is 15.1 Å². The van der Waals surface area contributed by atoms with Crippen LogP contribution >= 0.6 is 0 Å². The Morgan fingerprint density at radius 1 is 1.08 bits per heavy atom. The van der Waals surface area contributed by atoms with Gasteiger partial charge in [0.2, 0.25) is 11.8 Å². The van der Waals surface area contributed by atoms with E-state index in [9.17, 15) is 9.59 Å². The first kappa shape index (κ1) is 16.8. The first-order valence-corrected chi connectivity index (χ1v) is 8.90. The van der Waals surface area contributed by atoms with E-state index in [1.54, 1.807) is 0 Å². The molecule has 3 rings (SSSR count). The minimum atomic E-state index is -0.774. The number of hydrogen-bond donors (Lipinski definition) is 1. The SMILES string of the molecule is CC(C)CNC(=O)C1(C(=O)N2CCN(c3ccccc3)CC2)CC1. The number of anilines is 1. The molecule has 0 radical (unpaired) electrons. The molecular formula is C19H27N3O2. The predicted octanol–water partition coefficient (Wildman–Crippen LogP) is 1.89. The van der Waals surface area contributed by atoms with Crippen LogP contribution in [0.25, 0.3) is 0 Å². The van der Waals surface area contributed by atoms with Crippen molar-refractivity contribution in [1.82, 2.24) is 10.2 Å². The van der Waals surface area contributed by atoms with Gasteiger partial charge in [-0.3, -0.25) is 9.59 Å². The zero-order chi connectivity index (χ0) is 17.2. The quantitative estimate of drug-likeness (QED) is 0.839. The van der Waals surface area contributed by atoms with E-state index in [0.29, 0.717) is 38.4 Å². The van der Waals surface area contributed by atoms with E-state index in [2.05, 4.69) is 36.2 Å². The number of hydrogen-bond acceptors (Lipinski definition) is 3. The van der Waals surface area contributed by atoms with Crippen LogP contribution in [0.1, 0.15) is 26.7 Å². The fourth-order valence-electron chi connectivity index (χ4n) is 3.24. The highest BCUT2D eigenvalue weighted by Gasteiger charge is 2.58. The number of carbonyl (C=O) groups is 2. The molecule has 2 fully saturated rings. The van der Waals surface area contributed by atoms with Gasteiger partial charge in [0.1, 0.15) is 5.41 Å². The maximum atomic E-state index is 12.9. The summed E-state index contributed by atoms with van der Waals surface area (Å²) in [6.07, 6.45) is 1.38. The monoisotopic (exact) mass is 329 g/mol. The third-order valence-electron chi connectivity index (χ3n) is 4.95. The van der Waals surface area contributed by atoms with Gasteiger partial charge in [-0.05, 0) is 30.9 Å². The van der Waals surface area contributed by atoms with E-state index >= 15 is 0 Å². The molecule has 1 aliphatic carbocycles. The molecule has 0 spiro atoms. The molecule has 0 atom stereocenters. The van der Waals surface area contributed by atoms with Crippen LogP contribution in [0.4, 0.5) is 5.69 Å². The second-order valence-electron chi connectivity index (χ2n) is 7.30. The van der Waals surface area contributed by atoms with Gasteiger partial charge in [-0.2, -0.15) is 0 Å². The number of carbonyl (C=O) groups excluding carboxylic acids is 2. The van der Waals surface area contributed by atoms with Crippen LogP contribution in [-0.4, -0.2) is 49.4 Å². The lowest BCUT2D eigenvalue weighted by molar-refractivity contribution is -0.144. The van der Waals surface area contributed by atoms with Gasteiger partial charge in [-0.15, -0.1) is 0 Å². The van der Waals surface area contributed by atoms with Crippen molar-refractivity contribution in [2.45, 2.75) is 26.7 Å². The normalized spacial score (nSPS) is 19.3. The fourth-order valence-corrected chi connectivity index (χ4v) is 3.24. The molecule has 5 nitrogen and oxygen atoms in total. The lowest BCUT2D eigenvalue weighted by atomic mass is 10.0. The maximum absolute atomic E-state index is 12.9. The second kappa shape index (κ2) is 6.83. The Bertz CT molecular complexity index is 588. The minimum absolute atomic E-state index is 0.0245. The number of rotatable bonds is 5. The van der Waals surface area contributed by atoms with Crippen LogP contribution in [0.3, 0.4) is 0 Å². The van der Waals surface area contributed by atoms with E-state index in [1.165, 1.54) is 5.69 Å². The maximum Gasteiger partial charge on any atom is 0.238 e. The highest BCUT2D eigenvalue weighted by atomic mass is 16.2. The lowest BCUT2D eigenvalue weighted by Gasteiger charge is -2.37. The summed E-state index contributed by atoms with van der Waals surface area (Å²) in [5, 5.41) is 2.94. The second-order valence-corrected chi connectivity index (χ2v) is 7.30. The smallest absolute Gasteiger partial charge is 0.238 e. The van der Waals surface area contributed by atoms with Gasteiger partial charge in [0.15, 0.2) is 0 Å². The van der Waals surface area contributed by atoms with Gasteiger partial charge >= 0.3 is 0 Å². The third kappa shape index (κ3) is 3.40. The van der Waals surface area contributed by atoms with Crippen molar-refractivity contribution in [2.24, 2.45) is 11.3 Å². The molecule has 0 bridgehead atoms. The van der Waals surface area contributed by atoms with Crippen molar-refractivity contribution < 1.29 is 9.59 Å². The van der Waals surface area contributed by atoms with Crippen LogP contribution in [-0.2, 0) is 9.59 Å². The average Bonchev–Trinajstić information content (AvgIpc) is 3.42. The van der Waals surface area contributed by atoms with Gasteiger partial charge in [-0.25, -0.2) is 0 Å². The Balaban J connectivity index is 1.56. The first-order valence-electron chi connectivity index (χ1n) is 8.90. The third-order valence-corrected chi connectivity index (χ3v) is 4.95. The number of amides is 2. The molecule has 1 aliphatic heterocycles.